The van der Waals surface area contributed by atoms with Crippen LogP contribution in [0.5, 0.6) is 0 Å². The van der Waals surface area contributed by atoms with Gasteiger partial charge in [-0.15, -0.1) is 0 Å². The molecule has 2 aromatic heterocycles. The first-order chi connectivity index (χ1) is 14.3. The topological polar surface area (TPSA) is 94.0 Å². The molecule has 2 heterocycles. The van der Waals surface area contributed by atoms with Crippen molar-refractivity contribution >= 4 is 33.5 Å². The summed E-state index contributed by atoms with van der Waals surface area (Å²) in [5.74, 6) is 0.613. The molecule has 8 nitrogen and oxygen atoms in total. The third kappa shape index (κ3) is 4.17. The Balaban J connectivity index is 1.40. The molecule has 0 atom stereocenters. The van der Waals surface area contributed by atoms with Gasteiger partial charge in [0.2, 0.25) is 0 Å². The van der Waals surface area contributed by atoms with Crippen LogP contribution in [0.4, 0.5) is 5.82 Å². The number of ether oxygens (including phenoxy) is 1. The fraction of sp³-hybridized carbons (Fsp3) is 0.238. The van der Waals surface area contributed by atoms with Crippen LogP contribution in [-0.4, -0.2) is 52.5 Å². The van der Waals surface area contributed by atoms with Crippen LogP contribution in [0, 0.1) is 0 Å². The Morgan fingerprint density at radius 2 is 1.97 bits per heavy atom. The Morgan fingerprint density at radius 3 is 2.83 bits per heavy atom. The lowest BCUT2D eigenvalue weighted by atomic mass is 10.1. The minimum Gasteiger partial charge on any atom is -0.383 e. The molecule has 1 amide bonds. The number of hydrogen-bond acceptors (Lipinski definition) is 6. The number of nitrogens with one attached hydrogen (secondary N) is 2. The van der Waals surface area contributed by atoms with E-state index >= 15 is 0 Å². The molecule has 4 rings (SSSR count). The summed E-state index contributed by atoms with van der Waals surface area (Å²) in [6.07, 6.45) is 3.24. The number of methoxy groups -OCH3 is 1. The largest absolute Gasteiger partial charge is 0.383 e. The monoisotopic (exact) mass is 390 g/mol. The van der Waals surface area contributed by atoms with E-state index in [1.807, 2.05) is 42.5 Å². The van der Waals surface area contributed by atoms with E-state index in [0.717, 1.165) is 27.6 Å². The molecular weight excluding hydrogens is 368 g/mol. The molecule has 0 unspecified atom stereocenters. The van der Waals surface area contributed by atoms with Crippen molar-refractivity contribution in [2.45, 2.75) is 6.54 Å². The molecule has 0 saturated heterocycles. The second kappa shape index (κ2) is 8.66. The highest BCUT2D eigenvalue weighted by Crippen LogP contribution is 2.18. The van der Waals surface area contributed by atoms with E-state index in [1.54, 1.807) is 18.0 Å². The first kappa shape index (κ1) is 18.8. The molecule has 148 valence electrons. The number of carbonyl (C=O) groups is 1. The SMILES string of the molecule is COCCNc1ncnc2c1cnn2CCNC(=O)c1ccc2ccccc2c1. The van der Waals surface area contributed by atoms with E-state index in [1.165, 1.54) is 6.33 Å². The summed E-state index contributed by atoms with van der Waals surface area (Å²) in [5.41, 5.74) is 1.36. The van der Waals surface area contributed by atoms with Crippen molar-refractivity contribution in [1.29, 1.82) is 0 Å². The Bertz CT molecular complexity index is 1140. The molecule has 0 spiro atoms. The summed E-state index contributed by atoms with van der Waals surface area (Å²) in [5, 5.41) is 13.5. The van der Waals surface area contributed by atoms with Crippen LogP contribution in [0.1, 0.15) is 10.4 Å². The summed E-state index contributed by atoms with van der Waals surface area (Å²) >= 11 is 0. The third-order valence-corrected chi connectivity index (χ3v) is 4.65. The summed E-state index contributed by atoms with van der Waals surface area (Å²) in [7, 11) is 1.65. The van der Waals surface area contributed by atoms with E-state index in [9.17, 15) is 4.79 Å². The Kier molecular flexibility index (Phi) is 5.62. The van der Waals surface area contributed by atoms with Crippen molar-refractivity contribution < 1.29 is 9.53 Å². The maximum Gasteiger partial charge on any atom is 0.251 e. The molecule has 2 aromatic carbocycles. The normalized spacial score (nSPS) is 11.1. The Labute approximate surface area is 167 Å². The molecule has 0 radical (unpaired) electrons. The van der Waals surface area contributed by atoms with Crippen LogP contribution in [0.3, 0.4) is 0 Å². The molecule has 0 fully saturated rings. The lowest BCUT2D eigenvalue weighted by Gasteiger charge is -2.08. The summed E-state index contributed by atoms with van der Waals surface area (Å²) in [6, 6.07) is 13.7. The number of amides is 1. The van der Waals surface area contributed by atoms with Crippen LogP contribution >= 0.6 is 0 Å². The highest BCUT2D eigenvalue weighted by atomic mass is 16.5. The molecule has 8 heteroatoms. The second-order valence-corrected chi connectivity index (χ2v) is 6.56. The first-order valence-corrected chi connectivity index (χ1v) is 9.42. The molecule has 0 aliphatic rings. The number of nitrogens with zero attached hydrogens (tertiary/aromatic N) is 4. The molecular formula is C21H22N6O2. The quantitative estimate of drug-likeness (QED) is 0.449. The number of hydrogen-bond donors (Lipinski definition) is 2. The van der Waals surface area contributed by atoms with Crippen molar-refractivity contribution in [3.8, 4) is 0 Å². The summed E-state index contributed by atoms with van der Waals surface area (Å²) < 4.78 is 6.81. The lowest BCUT2D eigenvalue weighted by molar-refractivity contribution is 0.0952. The van der Waals surface area contributed by atoms with Gasteiger partial charge in [-0.2, -0.15) is 5.10 Å². The van der Waals surface area contributed by atoms with Gasteiger partial charge < -0.3 is 15.4 Å². The smallest absolute Gasteiger partial charge is 0.251 e. The van der Waals surface area contributed by atoms with E-state index < -0.39 is 0 Å². The van der Waals surface area contributed by atoms with Crippen molar-refractivity contribution in [1.82, 2.24) is 25.1 Å². The van der Waals surface area contributed by atoms with Crippen molar-refractivity contribution in [2.24, 2.45) is 0 Å². The number of anilines is 1. The van der Waals surface area contributed by atoms with Crippen LogP contribution in [0.25, 0.3) is 21.8 Å². The zero-order valence-electron chi connectivity index (χ0n) is 16.1. The standard InChI is InChI=1S/C21H22N6O2/c1-29-11-9-22-19-18-13-26-27(20(18)25-14-24-19)10-8-23-21(28)17-7-6-15-4-2-3-5-16(15)12-17/h2-7,12-14H,8-11H2,1H3,(H,23,28)(H,22,24,25). The third-order valence-electron chi connectivity index (χ3n) is 4.65. The number of aromatic nitrogens is 4. The van der Waals surface area contributed by atoms with Gasteiger partial charge in [-0.3, -0.25) is 4.79 Å². The van der Waals surface area contributed by atoms with Gasteiger partial charge in [-0.1, -0.05) is 30.3 Å². The minimum absolute atomic E-state index is 0.108. The fourth-order valence-electron chi connectivity index (χ4n) is 3.18. The van der Waals surface area contributed by atoms with Crippen molar-refractivity contribution in [2.75, 3.05) is 32.1 Å². The average molecular weight is 390 g/mol. The minimum atomic E-state index is -0.108. The molecule has 4 aromatic rings. The van der Waals surface area contributed by atoms with Crippen LogP contribution in [0.15, 0.2) is 55.0 Å². The number of rotatable bonds is 8. The highest BCUT2D eigenvalue weighted by Gasteiger charge is 2.10. The zero-order chi connectivity index (χ0) is 20.1. The van der Waals surface area contributed by atoms with Gasteiger partial charge in [-0.05, 0) is 22.9 Å². The molecule has 29 heavy (non-hydrogen) atoms. The van der Waals surface area contributed by atoms with Gasteiger partial charge in [0.15, 0.2) is 5.65 Å². The number of fused-ring (bicyclic) bond motifs is 2. The van der Waals surface area contributed by atoms with Crippen LogP contribution < -0.4 is 10.6 Å². The zero-order valence-corrected chi connectivity index (χ0v) is 16.1. The molecule has 0 saturated carbocycles. The van der Waals surface area contributed by atoms with Gasteiger partial charge in [0, 0.05) is 25.8 Å². The van der Waals surface area contributed by atoms with Crippen LogP contribution in [-0.2, 0) is 11.3 Å². The molecule has 0 aliphatic carbocycles. The Hall–Kier alpha value is -3.52. The molecule has 0 bridgehead atoms. The first-order valence-electron chi connectivity index (χ1n) is 9.42. The van der Waals surface area contributed by atoms with Crippen LogP contribution in [0.2, 0.25) is 0 Å². The van der Waals surface area contributed by atoms with Gasteiger partial charge in [0.1, 0.15) is 12.1 Å². The summed E-state index contributed by atoms with van der Waals surface area (Å²) in [6.45, 7) is 2.19. The molecule has 0 aliphatic heterocycles. The highest BCUT2D eigenvalue weighted by molar-refractivity contribution is 5.98. The maximum atomic E-state index is 12.5. The van der Waals surface area contributed by atoms with E-state index in [0.29, 0.717) is 31.8 Å². The summed E-state index contributed by atoms with van der Waals surface area (Å²) in [4.78, 5) is 21.1. The van der Waals surface area contributed by atoms with Crippen molar-refractivity contribution in [3.63, 3.8) is 0 Å². The van der Waals surface area contributed by atoms with Gasteiger partial charge in [0.25, 0.3) is 5.91 Å². The maximum absolute atomic E-state index is 12.5. The van der Waals surface area contributed by atoms with E-state index in [2.05, 4.69) is 25.7 Å². The number of benzene rings is 2. The second-order valence-electron chi connectivity index (χ2n) is 6.56. The van der Waals surface area contributed by atoms with Gasteiger partial charge in [0.05, 0.1) is 24.7 Å². The fourth-order valence-corrected chi connectivity index (χ4v) is 3.18. The lowest BCUT2D eigenvalue weighted by Crippen LogP contribution is -2.27. The van der Waals surface area contributed by atoms with E-state index in [-0.39, 0.29) is 5.91 Å². The van der Waals surface area contributed by atoms with Crippen molar-refractivity contribution in [3.05, 3.63) is 60.6 Å². The van der Waals surface area contributed by atoms with Gasteiger partial charge >= 0.3 is 0 Å². The number of carbonyl (C=O) groups excluding carboxylic acids is 1. The predicted molar refractivity (Wildman–Crippen MR) is 112 cm³/mol. The van der Waals surface area contributed by atoms with E-state index in [4.69, 9.17) is 4.74 Å². The molecule has 2 N–H and O–H groups in total. The van der Waals surface area contributed by atoms with Gasteiger partial charge in [-0.25, -0.2) is 14.6 Å². The Morgan fingerprint density at radius 1 is 1.10 bits per heavy atom. The average Bonchev–Trinajstić information content (AvgIpc) is 3.17. The predicted octanol–water partition coefficient (Wildman–Crippen LogP) is 2.47.